The van der Waals surface area contributed by atoms with Crippen LogP contribution in [0.1, 0.15) is 17.4 Å². The lowest BCUT2D eigenvalue weighted by molar-refractivity contribution is 0.0695. The number of aliphatic hydroxyl groups excluding tert-OH is 1. The van der Waals surface area contributed by atoms with Crippen LogP contribution < -0.4 is 10.2 Å². The summed E-state index contributed by atoms with van der Waals surface area (Å²) in [4.78, 5) is 17.6. The average Bonchev–Trinajstić information content (AvgIpc) is 2.39. The van der Waals surface area contributed by atoms with Crippen LogP contribution in [0.15, 0.2) is 18.3 Å². The van der Waals surface area contributed by atoms with Crippen LogP contribution in [0.5, 0.6) is 0 Å². The van der Waals surface area contributed by atoms with Crippen LogP contribution in [0.4, 0.5) is 5.69 Å². The molecule has 1 heterocycles. The van der Waals surface area contributed by atoms with Gasteiger partial charge in [0.05, 0.1) is 12.7 Å². The molecule has 0 saturated carbocycles. The van der Waals surface area contributed by atoms with Gasteiger partial charge in [-0.2, -0.15) is 0 Å². The molecule has 19 heavy (non-hydrogen) atoms. The highest BCUT2D eigenvalue weighted by Crippen LogP contribution is 2.13. The maximum atomic E-state index is 11.7. The molecule has 0 aliphatic rings. The Kier molecular flexibility index (Phi) is 6.24. The summed E-state index contributed by atoms with van der Waals surface area (Å²) in [5, 5.41) is 12.4. The summed E-state index contributed by atoms with van der Waals surface area (Å²) >= 11 is 0. The van der Waals surface area contributed by atoms with Crippen LogP contribution in [0.3, 0.4) is 0 Å². The van der Waals surface area contributed by atoms with E-state index >= 15 is 0 Å². The number of likely N-dealkylation sites (N-methyl/N-ethyl adjacent to an activating group) is 1. The lowest BCUT2D eigenvalue weighted by atomic mass is 10.2. The molecule has 1 aromatic heterocycles. The van der Waals surface area contributed by atoms with E-state index < -0.39 is 6.10 Å². The number of carbonyl (C=O) groups is 1. The molecule has 0 fully saturated rings. The van der Waals surface area contributed by atoms with E-state index in [2.05, 4.69) is 10.3 Å². The molecular weight excluding hydrogens is 246 g/mol. The first-order valence-corrected chi connectivity index (χ1v) is 6.20. The fourth-order valence-corrected chi connectivity index (χ4v) is 1.70. The molecule has 106 valence electrons. The molecule has 1 atom stereocenters. The largest absolute Gasteiger partial charge is 0.389 e. The monoisotopic (exact) mass is 267 g/mol. The Bertz CT molecular complexity index is 412. The first-order chi connectivity index (χ1) is 9.08. The van der Waals surface area contributed by atoms with Crippen LogP contribution in [0, 0.1) is 0 Å². The zero-order chi connectivity index (χ0) is 14.3. The normalized spacial score (nSPS) is 12.0. The molecule has 0 spiro atoms. The number of carbonyl (C=O) groups excluding carboxylic acids is 1. The van der Waals surface area contributed by atoms with Crippen molar-refractivity contribution in [3.05, 3.63) is 24.0 Å². The van der Waals surface area contributed by atoms with Gasteiger partial charge in [-0.25, -0.2) is 0 Å². The molecule has 0 radical (unpaired) electrons. The van der Waals surface area contributed by atoms with Gasteiger partial charge in [0.15, 0.2) is 0 Å². The molecule has 0 bridgehead atoms. The highest BCUT2D eigenvalue weighted by atomic mass is 16.5. The number of aliphatic hydroxyl groups is 1. The first-order valence-electron chi connectivity index (χ1n) is 6.20. The van der Waals surface area contributed by atoms with E-state index in [1.807, 2.05) is 18.9 Å². The maximum Gasteiger partial charge on any atom is 0.269 e. The summed E-state index contributed by atoms with van der Waals surface area (Å²) in [6.45, 7) is 3.12. The summed E-state index contributed by atoms with van der Waals surface area (Å²) in [6, 6.07) is 3.49. The minimum atomic E-state index is -0.573. The minimum absolute atomic E-state index is 0.199. The Morgan fingerprint density at radius 3 is 3.00 bits per heavy atom. The SMILES string of the molecule is CCNC(=O)c1cc(N(C)CC(O)COC)ccn1. The number of ether oxygens (including phenoxy) is 1. The number of anilines is 1. The van der Waals surface area contributed by atoms with E-state index in [1.165, 1.54) is 0 Å². The number of nitrogens with one attached hydrogen (secondary N) is 1. The summed E-state index contributed by atoms with van der Waals surface area (Å²) in [5.41, 5.74) is 1.19. The van der Waals surface area contributed by atoms with Crippen molar-refractivity contribution < 1.29 is 14.6 Å². The molecule has 0 aliphatic carbocycles. The number of amides is 1. The molecule has 1 aromatic rings. The highest BCUT2D eigenvalue weighted by molar-refractivity contribution is 5.93. The highest BCUT2D eigenvalue weighted by Gasteiger charge is 2.11. The van der Waals surface area contributed by atoms with Crippen molar-refractivity contribution >= 4 is 11.6 Å². The second kappa shape index (κ2) is 7.70. The number of methoxy groups -OCH3 is 1. The van der Waals surface area contributed by atoms with Crippen LogP contribution in [-0.2, 0) is 4.74 Å². The molecule has 0 aromatic carbocycles. The Morgan fingerprint density at radius 2 is 2.37 bits per heavy atom. The maximum absolute atomic E-state index is 11.7. The van der Waals surface area contributed by atoms with Gasteiger partial charge in [0.25, 0.3) is 5.91 Å². The molecule has 1 rings (SSSR count). The third-order valence-corrected chi connectivity index (χ3v) is 2.60. The van der Waals surface area contributed by atoms with Gasteiger partial charge in [0.2, 0.25) is 0 Å². The van der Waals surface area contributed by atoms with E-state index in [9.17, 15) is 9.90 Å². The van der Waals surface area contributed by atoms with Gasteiger partial charge in [0.1, 0.15) is 5.69 Å². The van der Waals surface area contributed by atoms with Crippen molar-refractivity contribution in [3.63, 3.8) is 0 Å². The van der Waals surface area contributed by atoms with Crippen LogP contribution in [0.2, 0.25) is 0 Å². The molecular formula is C13H21N3O3. The Labute approximate surface area is 113 Å². The quantitative estimate of drug-likeness (QED) is 0.742. The summed E-state index contributed by atoms with van der Waals surface area (Å²) in [5.74, 6) is -0.199. The molecule has 1 unspecified atom stereocenters. The second-order valence-corrected chi connectivity index (χ2v) is 4.25. The van der Waals surface area contributed by atoms with Crippen molar-refractivity contribution in [3.8, 4) is 0 Å². The number of hydrogen-bond acceptors (Lipinski definition) is 5. The summed E-state index contributed by atoms with van der Waals surface area (Å²) in [7, 11) is 3.39. The van der Waals surface area contributed by atoms with Crippen LogP contribution >= 0.6 is 0 Å². The fraction of sp³-hybridized carbons (Fsp3) is 0.538. The van der Waals surface area contributed by atoms with Gasteiger partial charge < -0.3 is 20.1 Å². The summed E-state index contributed by atoms with van der Waals surface area (Å²) < 4.78 is 4.88. The van der Waals surface area contributed by atoms with E-state index in [-0.39, 0.29) is 12.5 Å². The van der Waals surface area contributed by atoms with E-state index in [0.29, 0.717) is 18.8 Å². The topological polar surface area (TPSA) is 74.7 Å². The van der Waals surface area contributed by atoms with Gasteiger partial charge in [-0.05, 0) is 19.1 Å². The first kappa shape index (κ1) is 15.4. The van der Waals surface area contributed by atoms with E-state index in [1.54, 1.807) is 25.4 Å². The van der Waals surface area contributed by atoms with Crippen molar-refractivity contribution in [2.24, 2.45) is 0 Å². The molecule has 6 heteroatoms. The van der Waals surface area contributed by atoms with Crippen molar-refractivity contribution in [1.82, 2.24) is 10.3 Å². The Morgan fingerprint density at radius 1 is 1.63 bits per heavy atom. The van der Waals surface area contributed by atoms with E-state index in [4.69, 9.17) is 4.74 Å². The number of nitrogens with zero attached hydrogens (tertiary/aromatic N) is 2. The molecule has 0 aliphatic heterocycles. The molecule has 1 amide bonds. The Balaban J connectivity index is 2.72. The predicted molar refractivity (Wildman–Crippen MR) is 73.4 cm³/mol. The molecule has 2 N–H and O–H groups in total. The smallest absolute Gasteiger partial charge is 0.269 e. The standard InChI is InChI=1S/C13H21N3O3/c1-4-14-13(18)12-7-10(5-6-15-12)16(2)8-11(17)9-19-3/h5-7,11,17H,4,8-9H2,1-3H3,(H,14,18). The third kappa shape index (κ3) is 4.84. The Hall–Kier alpha value is -1.66. The lowest BCUT2D eigenvalue weighted by Crippen LogP contribution is -2.32. The number of aromatic nitrogens is 1. The zero-order valence-electron chi connectivity index (χ0n) is 11.6. The molecule has 0 saturated heterocycles. The van der Waals surface area contributed by atoms with E-state index in [0.717, 1.165) is 5.69 Å². The number of rotatable bonds is 7. The predicted octanol–water partition coefficient (Wildman–Crippen LogP) is 0.275. The zero-order valence-corrected chi connectivity index (χ0v) is 11.6. The van der Waals surface area contributed by atoms with Gasteiger partial charge in [-0.3, -0.25) is 9.78 Å². The van der Waals surface area contributed by atoms with Crippen molar-refractivity contribution in [1.29, 1.82) is 0 Å². The third-order valence-electron chi connectivity index (χ3n) is 2.60. The van der Waals surface area contributed by atoms with Gasteiger partial charge >= 0.3 is 0 Å². The lowest BCUT2D eigenvalue weighted by Gasteiger charge is -2.22. The number of hydrogen-bond donors (Lipinski definition) is 2. The van der Waals surface area contributed by atoms with Crippen molar-refractivity contribution in [2.75, 3.05) is 38.8 Å². The summed E-state index contributed by atoms with van der Waals surface area (Å²) in [6.07, 6.45) is 1.01. The average molecular weight is 267 g/mol. The van der Waals surface area contributed by atoms with Gasteiger partial charge in [0, 0.05) is 39.1 Å². The minimum Gasteiger partial charge on any atom is -0.389 e. The molecule has 6 nitrogen and oxygen atoms in total. The van der Waals surface area contributed by atoms with Gasteiger partial charge in [-0.1, -0.05) is 0 Å². The van der Waals surface area contributed by atoms with Gasteiger partial charge in [-0.15, -0.1) is 0 Å². The number of pyridine rings is 1. The van der Waals surface area contributed by atoms with Crippen molar-refractivity contribution in [2.45, 2.75) is 13.0 Å². The van der Waals surface area contributed by atoms with Crippen LogP contribution in [0.25, 0.3) is 0 Å². The fourth-order valence-electron chi connectivity index (χ4n) is 1.70. The van der Waals surface area contributed by atoms with Crippen LogP contribution in [-0.4, -0.2) is 56.0 Å². The second-order valence-electron chi connectivity index (χ2n) is 4.25.